The van der Waals surface area contributed by atoms with E-state index in [1.54, 1.807) is 13.8 Å². The summed E-state index contributed by atoms with van der Waals surface area (Å²) in [5, 5.41) is 18.7. The summed E-state index contributed by atoms with van der Waals surface area (Å²) < 4.78 is 5.56. The fourth-order valence-corrected chi connectivity index (χ4v) is 3.72. The molecule has 0 rings (SSSR count). The van der Waals surface area contributed by atoms with Crippen molar-refractivity contribution in [3.8, 4) is 0 Å². The smallest absolute Gasteiger partial charge is 1.00 e. The molecule has 2 unspecified atom stereocenters. The van der Waals surface area contributed by atoms with E-state index in [2.05, 4.69) is 6.92 Å². The fourth-order valence-electron chi connectivity index (χ4n) is 3.72. The van der Waals surface area contributed by atoms with Crippen molar-refractivity contribution in [3.05, 3.63) is 0 Å². The molecule has 0 radical (unpaired) electrons. The van der Waals surface area contributed by atoms with Gasteiger partial charge in [-0.1, -0.05) is 103 Å². The molecule has 0 aromatic rings. The van der Waals surface area contributed by atoms with Crippen LogP contribution in [0.5, 0.6) is 0 Å². The van der Waals surface area contributed by atoms with E-state index < -0.39 is 17.7 Å². The number of carboxylic acids is 1. The fraction of sp³-hybridized carbons (Fsp3) is 0.958. The Bertz CT molecular complexity index is 373. The number of carbonyl (C=O) groups is 1. The van der Waals surface area contributed by atoms with Crippen LogP contribution >= 0.6 is 0 Å². The normalized spacial score (nSPS) is 14.2. The topological polar surface area (TPSA) is 66.8 Å². The van der Waals surface area contributed by atoms with E-state index in [0.29, 0.717) is 6.61 Å². The van der Waals surface area contributed by atoms with Crippen molar-refractivity contribution in [1.82, 2.24) is 0 Å². The molecular formula is C24H50CaO4. The second-order valence-electron chi connectivity index (χ2n) is 8.74. The van der Waals surface area contributed by atoms with Crippen molar-refractivity contribution in [2.24, 2.45) is 0 Å². The van der Waals surface area contributed by atoms with Gasteiger partial charge in [0.2, 0.25) is 0 Å². The van der Waals surface area contributed by atoms with Gasteiger partial charge in [0.25, 0.3) is 0 Å². The molecule has 0 aliphatic rings. The second-order valence-corrected chi connectivity index (χ2v) is 8.74. The molecule has 5 heteroatoms. The number of unbranched alkanes of at least 4 members (excludes halogenated alkanes) is 15. The zero-order valence-corrected chi connectivity index (χ0v) is 21.9. The Balaban J connectivity index is -0.00000121. The summed E-state index contributed by atoms with van der Waals surface area (Å²) in [4.78, 5) is 11.3. The Morgan fingerprint density at radius 3 is 1.48 bits per heavy atom. The maximum atomic E-state index is 11.3. The van der Waals surface area contributed by atoms with Gasteiger partial charge in [0.05, 0.1) is 6.10 Å². The van der Waals surface area contributed by atoms with Gasteiger partial charge < -0.3 is 17.8 Å². The number of aliphatic hydroxyl groups excluding tert-OH is 1. The molecule has 0 spiro atoms. The molecule has 0 saturated carbocycles. The first-order valence-corrected chi connectivity index (χ1v) is 12.0. The maximum Gasteiger partial charge on any atom is 2.00 e. The number of aliphatic carboxylic acids is 1. The summed E-state index contributed by atoms with van der Waals surface area (Å²) in [5.74, 6) is -0.995. The van der Waals surface area contributed by atoms with Crippen molar-refractivity contribution >= 4 is 43.7 Å². The quantitative estimate of drug-likeness (QED) is 0.153. The number of carboxylic acid groups (broad SMARTS) is 1. The molecular weight excluding hydrogens is 392 g/mol. The third-order valence-electron chi connectivity index (χ3n) is 5.56. The number of hydrogen-bond donors (Lipinski definition) is 2. The van der Waals surface area contributed by atoms with Crippen LogP contribution in [0, 0.1) is 0 Å². The van der Waals surface area contributed by atoms with Crippen LogP contribution in [-0.2, 0) is 9.53 Å². The molecule has 2 N–H and O–H groups in total. The van der Waals surface area contributed by atoms with Crippen LogP contribution in [0.3, 0.4) is 0 Å². The zero-order chi connectivity index (χ0) is 21.1. The van der Waals surface area contributed by atoms with E-state index in [9.17, 15) is 15.0 Å². The molecule has 2 atom stereocenters. The number of aliphatic hydroxyl groups is 1. The van der Waals surface area contributed by atoms with E-state index in [4.69, 9.17) is 4.74 Å². The third kappa shape index (κ3) is 20.3. The van der Waals surface area contributed by atoms with E-state index >= 15 is 0 Å². The molecule has 4 nitrogen and oxygen atoms in total. The number of hydrogen-bond acceptors (Lipinski definition) is 3. The first-order valence-electron chi connectivity index (χ1n) is 12.0. The van der Waals surface area contributed by atoms with Crippen molar-refractivity contribution in [2.45, 2.75) is 142 Å². The van der Waals surface area contributed by atoms with Crippen molar-refractivity contribution in [2.75, 3.05) is 6.61 Å². The maximum absolute atomic E-state index is 11.3. The predicted molar refractivity (Wildman–Crippen MR) is 126 cm³/mol. The van der Waals surface area contributed by atoms with Crippen LogP contribution in [0.25, 0.3) is 0 Å². The van der Waals surface area contributed by atoms with Crippen LogP contribution in [0.15, 0.2) is 0 Å². The number of rotatable bonds is 21. The monoisotopic (exact) mass is 442 g/mol. The largest absolute Gasteiger partial charge is 2.00 e. The summed E-state index contributed by atoms with van der Waals surface area (Å²) in [6.07, 6.45) is 20.5. The van der Waals surface area contributed by atoms with Crippen molar-refractivity contribution in [1.29, 1.82) is 0 Å². The van der Waals surface area contributed by atoms with Crippen molar-refractivity contribution in [3.63, 3.8) is 0 Å². The van der Waals surface area contributed by atoms with E-state index in [-0.39, 0.29) is 47.0 Å². The molecule has 0 amide bonds. The van der Waals surface area contributed by atoms with E-state index in [0.717, 1.165) is 12.8 Å². The Kier molecular flexibility index (Phi) is 24.0. The van der Waals surface area contributed by atoms with Gasteiger partial charge in [0, 0.05) is 13.0 Å². The van der Waals surface area contributed by atoms with E-state index in [1.165, 1.54) is 89.9 Å². The predicted octanol–water partition coefficient (Wildman–Crippen LogP) is 6.72. The van der Waals surface area contributed by atoms with Crippen LogP contribution in [0.1, 0.15) is 133 Å². The summed E-state index contributed by atoms with van der Waals surface area (Å²) in [6, 6.07) is 0. The molecule has 0 aliphatic heterocycles. The number of ether oxygens (including phenoxy) is 1. The van der Waals surface area contributed by atoms with Gasteiger partial charge >= 0.3 is 43.7 Å². The minimum absolute atomic E-state index is 0. The second kappa shape index (κ2) is 21.9. The Morgan fingerprint density at radius 2 is 1.17 bits per heavy atom. The summed E-state index contributed by atoms with van der Waals surface area (Å²) in [7, 11) is 0. The van der Waals surface area contributed by atoms with Gasteiger partial charge in [0.15, 0.2) is 5.60 Å². The standard InChI is InChI=1S/C24H48O4.Ca.2H/c1-4-5-6-7-8-9-10-11-12-13-14-15-16-17-18-19-20-28-24(3,23(26)27)21-22(2)25;;;/h22,25H,4-21H2,1-3H3,(H,26,27);;;/q;+2;2*-1. The molecule has 0 aliphatic carbocycles. The van der Waals surface area contributed by atoms with Gasteiger partial charge in [-0.05, 0) is 20.3 Å². The Morgan fingerprint density at radius 1 is 0.828 bits per heavy atom. The molecule has 172 valence electrons. The molecule has 0 fully saturated rings. The van der Waals surface area contributed by atoms with Crippen LogP contribution in [0.2, 0.25) is 0 Å². The molecule has 0 aromatic heterocycles. The first-order chi connectivity index (χ1) is 13.4. The van der Waals surface area contributed by atoms with Crippen molar-refractivity contribution < 1.29 is 22.6 Å². The molecule has 0 bridgehead atoms. The Labute approximate surface area is 213 Å². The van der Waals surface area contributed by atoms with Crippen LogP contribution in [-0.4, -0.2) is 72.2 Å². The minimum Gasteiger partial charge on any atom is -1.00 e. The van der Waals surface area contributed by atoms with Gasteiger partial charge in [-0.2, -0.15) is 0 Å². The van der Waals surface area contributed by atoms with Gasteiger partial charge in [-0.15, -0.1) is 0 Å². The summed E-state index contributed by atoms with van der Waals surface area (Å²) in [5.41, 5.74) is -1.27. The zero-order valence-electron chi connectivity index (χ0n) is 21.7. The first kappa shape index (κ1) is 31.8. The van der Waals surface area contributed by atoms with Gasteiger partial charge in [-0.25, -0.2) is 4.79 Å². The molecule has 0 saturated heterocycles. The Hall–Kier alpha value is 0.650. The summed E-state index contributed by atoms with van der Waals surface area (Å²) >= 11 is 0. The summed E-state index contributed by atoms with van der Waals surface area (Å²) in [6.45, 7) is 5.87. The van der Waals surface area contributed by atoms with Crippen LogP contribution < -0.4 is 0 Å². The van der Waals surface area contributed by atoms with Gasteiger partial charge in [0.1, 0.15) is 0 Å². The molecule has 29 heavy (non-hydrogen) atoms. The molecule has 0 heterocycles. The van der Waals surface area contributed by atoms with Crippen LogP contribution in [0.4, 0.5) is 0 Å². The average Bonchev–Trinajstić information content (AvgIpc) is 2.63. The molecule has 0 aromatic carbocycles. The average molecular weight is 443 g/mol. The third-order valence-corrected chi connectivity index (χ3v) is 5.56. The van der Waals surface area contributed by atoms with Gasteiger partial charge in [-0.3, -0.25) is 0 Å². The minimum atomic E-state index is -1.27. The van der Waals surface area contributed by atoms with E-state index in [1.807, 2.05) is 0 Å². The SMILES string of the molecule is CCCCCCCCCCCCCCCCCCOC(C)(CC(C)O)C(=O)O.[Ca+2].[H-].[H-].